The lowest BCUT2D eigenvalue weighted by Gasteiger charge is -2.14. The highest BCUT2D eigenvalue weighted by Gasteiger charge is 2.31. The summed E-state index contributed by atoms with van der Waals surface area (Å²) in [5, 5.41) is 3.34. The second kappa shape index (κ2) is 10.4. The van der Waals surface area contributed by atoms with Gasteiger partial charge in [-0.2, -0.15) is 0 Å². The van der Waals surface area contributed by atoms with E-state index in [2.05, 4.69) is 31.0 Å². The molecule has 0 aliphatic heterocycles. The van der Waals surface area contributed by atoms with E-state index in [1.807, 2.05) is 42.5 Å². The Hall–Kier alpha value is -3.24. The molecule has 10 heteroatoms. The van der Waals surface area contributed by atoms with Gasteiger partial charge in [-0.05, 0) is 48.5 Å². The molecule has 4 aromatic rings. The van der Waals surface area contributed by atoms with E-state index in [4.69, 9.17) is 0 Å². The molecule has 0 atom stereocenters. The number of aromatic nitrogens is 2. The highest BCUT2D eigenvalue weighted by molar-refractivity contribution is 9.10. The van der Waals surface area contributed by atoms with Crippen molar-refractivity contribution in [2.45, 2.75) is 11.5 Å². The highest BCUT2D eigenvalue weighted by atomic mass is 79.9. The Morgan fingerprint density at radius 2 is 1.68 bits per heavy atom. The number of para-hydroxylation sites is 1. The van der Waals surface area contributed by atoms with Gasteiger partial charge in [0.2, 0.25) is 5.91 Å². The number of carbonyl (C=O) groups excluding carboxylic acids is 1. The molecule has 174 valence electrons. The molecule has 1 N–H and O–H groups in total. The standard InChI is InChI=1S/C24H17BrF3N3O2S/c25-17-8-6-16(7-9-17)21-14-29-23(34-15-22(32)30-18-4-2-1-3-5-18)31(21)19-10-12-20(13-11-19)33-24(26,27)28/h1-14H,15H2,(H,30,32). The number of anilines is 1. The molecule has 0 fully saturated rings. The Labute approximate surface area is 206 Å². The van der Waals surface area contributed by atoms with Gasteiger partial charge in [-0.25, -0.2) is 4.98 Å². The number of imidazole rings is 1. The zero-order valence-electron chi connectivity index (χ0n) is 17.4. The number of rotatable bonds is 7. The van der Waals surface area contributed by atoms with Gasteiger partial charge in [0.05, 0.1) is 17.6 Å². The van der Waals surface area contributed by atoms with Crippen molar-refractivity contribution in [1.82, 2.24) is 9.55 Å². The predicted octanol–water partition coefficient (Wildman–Crippen LogP) is 6.93. The number of amides is 1. The summed E-state index contributed by atoms with van der Waals surface area (Å²) in [6, 6.07) is 22.2. The zero-order valence-corrected chi connectivity index (χ0v) is 19.8. The van der Waals surface area contributed by atoms with Crippen LogP contribution in [0.1, 0.15) is 0 Å². The van der Waals surface area contributed by atoms with Gasteiger partial charge in [0.15, 0.2) is 5.16 Å². The molecule has 1 heterocycles. The Morgan fingerprint density at radius 3 is 2.32 bits per heavy atom. The number of hydrogen-bond acceptors (Lipinski definition) is 4. The number of nitrogens with one attached hydrogen (secondary N) is 1. The third kappa shape index (κ3) is 6.21. The number of ether oxygens (including phenoxy) is 1. The second-order valence-electron chi connectivity index (χ2n) is 7.01. The quantitative estimate of drug-likeness (QED) is 0.255. The molecule has 4 rings (SSSR count). The average molecular weight is 548 g/mol. The number of benzene rings is 3. The molecular weight excluding hydrogens is 531 g/mol. The lowest BCUT2D eigenvalue weighted by atomic mass is 10.1. The number of nitrogens with zero attached hydrogens (tertiary/aromatic N) is 2. The van der Waals surface area contributed by atoms with Crippen LogP contribution in [0, 0.1) is 0 Å². The van der Waals surface area contributed by atoms with Gasteiger partial charge in [-0.3, -0.25) is 9.36 Å². The fourth-order valence-electron chi connectivity index (χ4n) is 3.16. The van der Waals surface area contributed by atoms with E-state index in [1.165, 1.54) is 36.0 Å². The van der Waals surface area contributed by atoms with Crippen LogP contribution in [0.3, 0.4) is 0 Å². The van der Waals surface area contributed by atoms with Crippen LogP contribution in [0.5, 0.6) is 5.75 Å². The van der Waals surface area contributed by atoms with E-state index < -0.39 is 6.36 Å². The van der Waals surface area contributed by atoms with E-state index in [0.717, 1.165) is 15.7 Å². The summed E-state index contributed by atoms with van der Waals surface area (Å²) < 4.78 is 44.3. The smallest absolute Gasteiger partial charge is 0.406 e. The highest BCUT2D eigenvalue weighted by Crippen LogP contribution is 2.32. The fraction of sp³-hybridized carbons (Fsp3) is 0.0833. The summed E-state index contributed by atoms with van der Waals surface area (Å²) in [5.74, 6) is -0.427. The van der Waals surface area contributed by atoms with Crippen LogP contribution in [0.15, 0.2) is 94.7 Å². The van der Waals surface area contributed by atoms with E-state index in [9.17, 15) is 18.0 Å². The van der Waals surface area contributed by atoms with Gasteiger partial charge in [0.1, 0.15) is 5.75 Å². The molecule has 0 saturated carbocycles. The predicted molar refractivity (Wildman–Crippen MR) is 129 cm³/mol. The number of carbonyl (C=O) groups is 1. The van der Waals surface area contributed by atoms with Crippen LogP contribution in [0.2, 0.25) is 0 Å². The molecule has 3 aromatic carbocycles. The Balaban J connectivity index is 1.61. The number of thioether (sulfide) groups is 1. The molecule has 0 aliphatic rings. The van der Waals surface area contributed by atoms with Gasteiger partial charge < -0.3 is 10.1 Å². The molecule has 34 heavy (non-hydrogen) atoms. The third-order valence-electron chi connectivity index (χ3n) is 4.59. The first-order chi connectivity index (χ1) is 16.3. The fourth-order valence-corrected chi connectivity index (χ4v) is 4.21. The van der Waals surface area contributed by atoms with Crippen molar-refractivity contribution in [2.75, 3.05) is 11.1 Å². The summed E-state index contributed by atoms with van der Waals surface area (Å²) >= 11 is 4.63. The van der Waals surface area contributed by atoms with Crippen molar-refractivity contribution in [3.05, 3.63) is 89.5 Å². The Kier molecular flexibility index (Phi) is 7.28. The molecule has 1 amide bonds. The molecule has 5 nitrogen and oxygen atoms in total. The number of hydrogen-bond donors (Lipinski definition) is 1. The topological polar surface area (TPSA) is 56.2 Å². The Bertz CT molecular complexity index is 1260. The molecule has 0 spiro atoms. The van der Waals surface area contributed by atoms with Crippen LogP contribution >= 0.6 is 27.7 Å². The minimum absolute atomic E-state index is 0.0982. The van der Waals surface area contributed by atoms with Crippen molar-refractivity contribution in [2.24, 2.45) is 0 Å². The lowest BCUT2D eigenvalue weighted by Crippen LogP contribution is -2.17. The monoisotopic (exact) mass is 547 g/mol. The van der Waals surface area contributed by atoms with Gasteiger partial charge in [-0.15, -0.1) is 13.2 Å². The van der Waals surface area contributed by atoms with E-state index in [0.29, 0.717) is 16.5 Å². The third-order valence-corrected chi connectivity index (χ3v) is 6.07. The SMILES string of the molecule is O=C(CSc1ncc(-c2ccc(Br)cc2)n1-c1ccc(OC(F)(F)F)cc1)Nc1ccccc1. The van der Waals surface area contributed by atoms with Crippen molar-refractivity contribution < 1.29 is 22.7 Å². The van der Waals surface area contributed by atoms with Crippen molar-refractivity contribution in [1.29, 1.82) is 0 Å². The normalized spacial score (nSPS) is 11.3. The molecule has 0 bridgehead atoms. The van der Waals surface area contributed by atoms with Crippen LogP contribution < -0.4 is 10.1 Å². The molecular formula is C24H17BrF3N3O2S. The maximum Gasteiger partial charge on any atom is 0.573 e. The van der Waals surface area contributed by atoms with Crippen molar-refractivity contribution in [3.8, 4) is 22.7 Å². The number of alkyl halides is 3. The van der Waals surface area contributed by atoms with Crippen LogP contribution in [-0.2, 0) is 4.79 Å². The molecule has 1 aromatic heterocycles. The minimum atomic E-state index is -4.77. The van der Waals surface area contributed by atoms with Crippen LogP contribution in [0.4, 0.5) is 18.9 Å². The molecule has 0 radical (unpaired) electrons. The second-order valence-corrected chi connectivity index (χ2v) is 8.87. The number of halogens is 4. The van der Waals surface area contributed by atoms with Gasteiger partial charge >= 0.3 is 6.36 Å². The zero-order chi connectivity index (χ0) is 24.1. The molecule has 0 unspecified atom stereocenters. The van der Waals surface area contributed by atoms with Gasteiger partial charge in [-0.1, -0.05) is 58.0 Å². The maximum absolute atomic E-state index is 12.5. The first-order valence-corrected chi connectivity index (χ1v) is 11.7. The summed E-state index contributed by atoms with van der Waals surface area (Å²) in [6.07, 6.45) is -3.10. The summed E-state index contributed by atoms with van der Waals surface area (Å²) in [5.41, 5.74) is 2.85. The summed E-state index contributed by atoms with van der Waals surface area (Å²) in [7, 11) is 0. The maximum atomic E-state index is 12.5. The van der Waals surface area contributed by atoms with E-state index >= 15 is 0 Å². The van der Waals surface area contributed by atoms with Gasteiger partial charge in [0.25, 0.3) is 0 Å². The largest absolute Gasteiger partial charge is 0.573 e. The molecule has 0 saturated heterocycles. The van der Waals surface area contributed by atoms with Crippen molar-refractivity contribution >= 4 is 39.3 Å². The Morgan fingerprint density at radius 1 is 1.00 bits per heavy atom. The van der Waals surface area contributed by atoms with Crippen molar-refractivity contribution in [3.63, 3.8) is 0 Å². The van der Waals surface area contributed by atoms with Crippen LogP contribution in [0.25, 0.3) is 16.9 Å². The lowest BCUT2D eigenvalue weighted by molar-refractivity contribution is -0.274. The molecule has 0 aliphatic carbocycles. The minimum Gasteiger partial charge on any atom is -0.406 e. The van der Waals surface area contributed by atoms with E-state index in [-0.39, 0.29) is 17.4 Å². The first-order valence-electron chi connectivity index (χ1n) is 9.96. The van der Waals surface area contributed by atoms with E-state index in [1.54, 1.807) is 22.9 Å². The van der Waals surface area contributed by atoms with Gasteiger partial charge in [0, 0.05) is 21.4 Å². The summed E-state index contributed by atoms with van der Waals surface area (Å²) in [6.45, 7) is 0. The first kappa shape index (κ1) is 23.9. The van der Waals surface area contributed by atoms with Crippen LogP contribution in [-0.4, -0.2) is 27.6 Å². The average Bonchev–Trinajstić information content (AvgIpc) is 3.22. The summed E-state index contributed by atoms with van der Waals surface area (Å²) in [4.78, 5) is 16.9.